The normalized spacial score (nSPS) is 14.0. The predicted molar refractivity (Wildman–Crippen MR) is 51.9 cm³/mol. The Morgan fingerprint density at radius 3 is 2.29 bits per heavy atom. The Labute approximate surface area is 84.5 Å². The smallest absolute Gasteiger partial charge is 0.323 e. The molecule has 0 heterocycles. The summed E-state index contributed by atoms with van der Waals surface area (Å²) in [5, 5.41) is 0. The average molecular weight is 221 g/mol. The molecule has 0 aliphatic heterocycles. The number of thioether (sulfide) groups is 1. The highest BCUT2D eigenvalue weighted by atomic mass is 32.2. The van der Waals surface area contributed by atoms with Gasteiger partial charge in [-0.05, 0) is 17.3 Å². The van der Waals surface area contributed by atoms with Crippen molar-refractivity contribution >= 4 is 11.8 Å². The molecule has 1 unspecified atom stereocenters. The maximum Gasteiger partial charge on any atom is 0.441 e. The molecule has 1 aromatic rings. The van der Waals surface area contributed by atoms with Crippen LogP contribution in [0.4, 0.5) is 13.2 Å². The minimum atomic E-state index is -4.20. The summed E-state index contributed by atoms with van der Waals surface area (Å²) in [4.78, 5) is 0. The largest absolute Gasteiger partial charge is 0.441 e. The summed E-state index contributed by atoms with van der Waals surface area (Å²) < 4.78 is 35.5. The zero-order valence-electron chi connectivity index (χ0n) is 7.29. The van der Waals surface area contributed by atoms with Gasteiger partial charge >= 0.3 is 5.51 Å². The lowest BCUT2D eigenvalue weighted by Crippen LogP contribution is -2.15. The Bertz CT molecular complexity index is 273. The van der Waals surface area contributed by atoms with E-state index in [1.54, 1.807) is 30.3 Å². The van der Waals surface area contributed by atoms with Gasteiger partial charge in [-0.15, -0.1) is 0 Å². The van der Waals surface area contributed by atoms with Crippen LogP contribution < -0.4 is 5.73 Å². The predicted octanol–water partition coefficient (Wildman–Crippen LogP) is 2.94. The van der Waals surface area contributed by atoms with E-state index >= 15 is 0 Å². The van der Waals surface area contributed by atoms with Crippen LogP contribution in [0.2, 0.25) is 0 Å². The Hall–Kier alpha value is -0.680. The van der Waals surface area contributed by atoms with E-state index < -0.39 is 11.6 Å². The first kappa shape index (κ1) is 11.4. The summed E-state index contributed by atoms with van der Waals surface area (Å²) in [7, 11) is 0. The van der Waals surface area contributed by atoms with Crippen LogP contribution in [0, 0.1) is 0 Å². The van der Waals surface area contributed by atoms with E-state index in [2.05, 4.69) is 0 Å². The van der Waals surface area contributed by atoms with Crippen LogP contribution in [0.5, 0.6) is 0 Å². The highest BCUT2D eigenvalue weighted by Gasteiger charge is 2.28. The number of alkyl halides is 3. The van der Waals surface area contributed by atoms with Gasteiger partial charge in [0.25, 0.3) is 0 Å². The Kier molecular flexibility index (Phi) is 3.83. The first-order valence-corrected chi connectivity index (χ1v) is 4.99. The molecule has 1 atom stereocenters. The molecular weight excluding hydrogens is 211 g/mol. The third-order valence-corrected chi connectivity index (χ3v) is 2.51. The Morgan fingerprint density at radius 1 is 1.21 bits per heavy atom. The third kappa shape index (κ3) is 4.02. The molecule has 0 saturated heterocycles. The zero-order valence-corrected chi connectivity index (χ0v) is 8.11. The summed E-state index contributed by atoms with van der Waals surface area (Å²) >= 11 is -0.0885. The van der Waals surface area contributed by atoms with E-state index in [0.717, 1.165) is 5.56 Å². The van der Waals surface area contributed by atoms with Crippen molar-refractivity contribution in [2.45, 2.75) is 11.6 Å². The molecule has 0 spiro atoms. The van der Waals surface area contributed by atoms with Crippen LogP contribution >= 0.6 is 11.8 Å². The number of benzene rings is 1. The minimum Gasteiger partial charge on any atom is -0.323 e. The molecule has 0 aromatic heterocycles. The van der Waals surface area contributed by atoms with Gasteiger partial charge in [-0.3, -0.25) is 0 Å². The molecule has 0 aliphatic rings. The average Bonchev–Trinajstić information content (AvgIpc) is 2.14. The molecule has 5 heteroatoms. The first-order chi connectivity index (χ1) is 6.49. The van der Waals surface area contributed by atoms with Crippen molar-refractivity contribution in [3.05, 3.63) is 35.9 Å². The van der Waals surface area contributed by atoms with Crippen molar-refractivity contribution in [3.63, 3.8) is 0 Å². The summed E-state index contributed by atoms with van der Waals surface area (Å²) in [6.07, 6.45) is 0. The van der Waals surface area contributed by atoms with Crippen molar-refractivity contribution < 1.29 is 13.2 Å². The van der Waals surface area contributed by atoms with Crippen molar-refractivity contribution in [1.82, 2.24) is 0 Å². The van der Waals surface area contributed by atoms with Gasteiger partial charge in [-0.2, -0.15) is 13.2 Å². The van der Waals surface area contributed by atoms with Gasteiger partial charge in [0.15, 0.2) is 0 Å². The molecule has 0 radical (unpaired) electrons. The quantitative estimate of drug-likeness (QED) is 0.849. The Balaban J connectivity index is 2.48. The Morgan fingerprint density at radius 2 is 1.79 bits per heavy atom. The van der Waals surface area contributed by atoms with Crippen molar-refractivity contribution in [2.75, 3.05) is 5.75 Å². The first-order valence-electron chi connectivity index (χ1n) is 4.00. The monoisotopic (exact) mass is 221 g/mol. The number of hydrogen-bond acceptors (Lipinski definition) is 2. The fraction of sp³-hybridized carbons (Fsp3) is 0.333. The standard InChI is InChI=1S/C9H10F3NS/c10-9(11,12)14-6-8(13)7-4-2-1-3-5-7/h1-5,8H,6,13H2. The molecule has 0 fully saturated rings. The topological polar surface area (TPSA) is 26.0 Å². The molecule has 1 rings (SSSR count). The van der Waals surface area contributed by atoms with Crippen molar-refractivity contribution in [2.24, 2.45) is 5.73 Å². The second-order valence-electron chi connectivity index (χ2n) is 2.77. The zero-order chi connectivity index (χ0) is 10.6. The van der Waals surface area contributed by atoms with Crippen LogP contribution in [-0.4, -0.2) is 11.3 Å². The molecular formula is C9H10F3NS. The second-order valence-corrected chi connectivity index (χ2v) is 3.86. The number of halogens is 3. The molecule has 78 valence electrons. The van der Waals surface area contributed by atoms with Crippen LogP contribution in [-0.2, 0) is 0 Å². The van der Waals surface area contributed by atoms with Gasteiger partial charge in [-0.1, -0.05) is 30.3 Å². The molecule has 0 saturated carbocycles. The van der Waals surface area contributed by atoms with Crippen LogP contribution in [0.15, 0.2) is 30.3 Å². The highest BCUT2D eigenvalue weighted by molar-refractivity contribution is 8.00. The van der Waals surface area contributed by atoms with Gasteiger partial charge in [-0.25, -0.2) is 0 Å². The summed E-state index contributed by atoms with van der Waals surface area (Å²) in [6, 6.07) is 8.19. The van der Waals surface area contributed by atoms with Crippen LogP contribution in [0.3, 0.4) is 0 Å². The van der Waals surface area contributed by atoms with Gasteiger partial charge in [0, 0.05) is 11.8 Å². The molecule has 14 heavy (non-hydrogen) atoms. The summed E-state index contributed by atoms with van der Waals surface area (Å²) in [5.41, 5.74) is 2.11. The fourth-order valence-electron chi connectivity index (χ4n) is 0.981. The lowest BCUT2D eigenvalue weighted by atomic mass is 10.1. The fourth-order valence-corrected chi connectivity index (χ4v) is 1.54. The third-order valence-electron chi connectivity index (χ3n) is 1.65. The highest BCUT2D eigenvalue weighted by Crippen LogP contribution is 2.32. The number of rotatable bonds is 3. The van der Waals surface area contributed by atoms with Gasteiger partial charge in [0.2, 0.25) is 0 Å². The molecule has 0 bridgehead atoms. The minimum absolute atomic E-state index is 0.0885. The van der Waals surface area contributed by atoms with E-state index in [-0.39, 0.29) is 17.5 Å². The lowest BCUT2D eigenvalue weighted by molar-refractivity contribution is -0.0328. The van der Waals surface area contributed by atoms with E-state index in [1.807, 2.05) is 0 Å². The van der Waals surface area contributed by atoms with E-state index in [0.29, 0.717) is 0 Å². The van der Waals surface area contributed by atoms with Crippen molar-refractivity contribution in [1.29, 1.82) is 0 Å². The lowest BCUT2D eigenvalue weighted by Gasteiger charge is -2.12. The van der Waals surface area contributed by atoms with Crippen LogP contribution in [0.1, 0.15) is 11.6 Å². The summed E-state index contributed by atoms with van der Waals surface area (Å²) in [6.45, 7) is 0. The molecule has 1 nitrogen and oxygen atoms in total. The van der Waals surface area contributed by atoms with Crippen LogP contribution in [0.25, 0.3) is 0 Å². The van der Waals surface area contributed by atoms with Gasteiger partial charge in [0.05, 0.1) is 0 Å². The summed E-state index contributed by atoms with van der Waals surface area (Å²) in [5.74, 6) is -0.145. The number of nitrogens with two attached hydrogens (primary N) is 1. The maximum absolute atomic E-state index is 11.8. The maximum atomic E-state index is 11.8. The van der Waals surface area contributed by atoms with Gasteiger partial charge < -0.3 is 5.73 Å². The van der Waals surface area contributed by atoms with Gasteiger partial charge in [0.1, 0.15) is 0 Å². The van der Waals surface area contributed by atoms with E-state index in [9.17, 15) is 13.2 Å². The van der Waals surface area contributed by atoms with E-state index in [1.165, 1.54) is 0 Å². The number of hydrogen-bond donors (Lipinski definition) is 1. The SMILES string of the molecule is NC(CSC(F)(F)F)c1ccccc1. The molecule has 0 aliphatic carbocycles. The molecule has 0 amide bonds. The van der Waals surface area contributed by atoms with Crippen molar-refractivity contribution in [3.8, 4) is 0 Å². The molecule has 1 aromatic carbocycles. The second kappa shape index (κ2) is 4.70. The van der Waals surface area contributed by atoms with E-state index in [4.69, 9.17) is 5.73 Å². The molecule has 2 N–H and O–H groups in total.